The summed E-state index contributed by atoms with van der Waals surface area (Å²) in [5, 5.41) is 0.882. The number of carbonyl (C=O) groups excluding carboxylic acids is 1. The van der Waals surface area contributed by atoms with Crippen molar-refractivity contribution in [1.82, 2.24) is 4.90 Å². The van der Waals surface area contributed by atoms with Crippen molar-refractivity contribution in [3.05, 3.63) is 39.7 Å². The lowest BCUT2D eigenvalue weighted by Gasteiger charge is -2.35. The molecule has 1 fully saturated rings. The highest BCUT2D eigenvalue weighted by Crippen LogP contribution is 2.25. The van der Waals surface area contributed by atoms with Gasteiger partial charge in [0.1, 0.15) is 11.3 Å². The van der Waals surface area contributed by atoms with Gasteiger partial charge in [-0.1, -0.05) is 13.8 Å². The van der Waals surface area contributed by atoms with Gasteiger partial charge in [0.15, 0.2) is 0 Å². The first-order valence-corrected chi connectivity index (χ1v) is 9.27. The molecule has 0 spiro atoms. The average Bonchev–Trinajstić information content (AvgIpc) is 2.59. The van der Waals surface area contributed by atoms with Crippen molar-refractivity contribution in [3.8, 4) is 5.75 Å². The number of hydrogen-bond acceptors (Lipinski definition) is 4. The van der Waals surface area contributed by atoms with E-state index in [-0.39, 0.29) is 11.5 Å². The standard InChI is InChI=1S/C21H27NO4/c1-13-9-14(2)12-22(11-13)20(23)8-7-18-15(3)17-6-5-16(25-4)10-19(17)26-21(18)24/h5-6,10,13-14H,7-9,11-12H2,1-4H3. The maximum Gasteiger partial charge on any atom is 0.339 e. The summed E-state index contributed by atoms with van der Waals surface area (Å²) in [4.78, 5) is 27.0. The Bertz CT molecular complexity index is 860. The van der Waals surface area contributed by atoms with E-state index in [0.29, 0.717) is 41.6 Å². The van der Waals surface area contributed by atoms with Crippen LogP contribution >= 0.6 is 0 Å². The van der Waals surface area contributed by atoms with Gasteiger partial charge in [-0.15, -0.1) is 0 Å². The van der Waals surface area contributed by atoms with Crippen molar-refractivity contribution in [2.45, 2.75) is 40.0 Å². The first-order chi connectivity index (χ1) is 12.4. The summed E-state index contributed by atoms with van der Waals surface area (Å²) in [5.41, 5.74) is 1.62. The average molecular weight is 357 g/mol. The molecule has 0 bridgehead atoms. The van der Waals surface area contributed by atoms with Gasteiger partial charge in [0, 0.05) is 36.5 Å². The Hall–Kier alpha value is -2.30. The Morgan fingerprint density at radius 1 is 1.27 bits per heavy atom. The van der Waals surface area contributed by atoms with Gasteiger partial charge in [-0.05, 0) is 49.3 Å². The van der Waals surface area contributed by atoms with Gasteiger partial charge in [-0.25, -0.2) is 4.79 Å². The molecule has 2 aromatic rings. The van der Waals surface area contributed by atoms with E-state index in [0.717, 1.165) is 24.0 Å². The predicted octanol–water partition coefficient (Wildman–Crippen LogP) is 3.55. The zero-order valence-corrected chi connectivity index (χ0v) is 16.0. The monoisotopic (exact) mass is 357 g/mol. The lowest BCUT2D eigenvalue weighted by atomic mass is 9.91. The fraction of sp³-hybridized carbons (Fsp3) is 0.524. The van der Waals surface area contributed by atoms with Crippen molar-refractivity contribution in [2.24, 2.45) is 11.8 Å². The summed E-state index contributed by atoms with van der Waals surface area (Å²) in [6.45, 7) is 7.91. The molecular formula is C21H27NO4. The summed E-state index contributed by atoms with van der Waals surface area (Å²) in [6, 6.07) is 5.46. The number of methoxy groups -OCH3 is 1. The largest absolute Gasteiger partial charge is 0.497 e. The third kappa shape index (κ3) is 3.76. The van der Waals surface area contributed by atoms with E-state index < -0.39 is 0 Å². The van der Waals surface area contributed by atoms with Crippen LogP contribution < -0.4 is 10.4 Å². The highest BCUT2D eigenvalue weighted by molar-refractivity contribution is 5.82. The predicted molar refractivity (Wildman–Crippen MR) is 102 cm³/mol. The Kier molecular flexibility index (Phi) is 5.35. The van der Waals surface area contributed by atoms with Crippen molar-refractivity contribution in [1.29, 1.82) is 0 Å². The molecule has 1 amide bonds. The minimum absolute atomic E-state index is 0.122. The molecule has 2 unspecified atom stereocenters. The summed E-state index contributed by atoms with van der Waals surface area (Å²) in [5.74, 6) is 1.84. The second-order valence-corrected chi connectivity index (χ2v) is 7.60. The topological polar surface area (TPSA) is 59.8 Å². The minimum Gasteiger partial charge on any atom is -0.497 e. The van der Waals surface area contributed by atoms with Crippen LogP contribution in [0.1, 0.15) is 37.8 Å². The molecule has 1 aromatic carbocycles. The molecule has 0 N–H and O–H groups in total. The third-order valence-electron chi connectivity index (χ3n) is 5.30. The van der Waals surface area contributed by atoms with Crippen molar-refractivity contribution in [2.75, 3.05) is 20.2 Å². The normalized spacial score (nSPS) is 20.4. The molecule has 2 heterocycles. The van der Waals surface area contributed by atoms with E-state index in [1.807, 2.05) is 24.0 Å². The van der Waals surface area contributed by atoms with Crippen LogP contribution in [0, 0.1) is 18.8 Å². The molecule has 2 atom stereocenters. The van der Waals surface area contributed by atoms with E-state index in [4.69, 9.17) is 9.15 Å². The fourth-order valence-electron chi connectivity index (χ4n) is 4.05. The quantitative estimate of drug-likeness (QED) is 0.785. The van der Waals surface area contributed by atoms with Crippen molar-refractivity contribution < 1.29 is 13.9 Å². The smallest absolute Gasteiger partial charge is 0.339 e. The van der Waals surface area contributed by atoms with Gasteiger partial charge >= 0.3 is 5.63 Å². The van der Waals surface area contributed by atoms with Gasteiger partial charge < -0.3 is 14.1 Å². The molecular weight excluding hydrogens is 330 g/mol. The number of fused-ring (bicyclic) bond motifs is 1. The van der Waals surface area contributed by atoms with Crippen molar-refractivity contribution in [3.63, 3.8) is 0 Å². The second-order valence-electron chi connectivity index (χ2n) is 7.60. The van der Waals surface area contributed by atoms with Crippen LogP contribution in [-0.2, 0) is 11.2 Å². The molecule has 1 aliphatic heterocycles. The maximum atomic E-state index is 12.6. The first-order valence-electron chi connectivity index (χ1n) is 9.27. The summed E-state index contributed by atoms with van der Waals surface area (Å²) >= 11 is 0. The summed E-state index contributed by atoms with van der Waals surface area (Å²) in [7, 11) is 1.58. The lowest BCUT2D eigenvalue weighted by Crippen LogP contribution is -2.42. The minimum atomic E-state index is -0.364. The molecule has 0 aliphatic carbocycles. The highest BCUT2D eigenvalue weighted by Gasteiger charge is 2.25. The van der Waals surface area contributed by atoms with Gasteiger partial charge in [-0.2, -0.15) is 0 Å². The molecule has 5 nitrogen and oxygen atoms in total. The number of hydrogen-bond donors (Lipinski definition) is 0. The van der Waals surface area contributed by atoms with E-state index in [2.05, 4.69) is 13.8 Å². The van der Waals surface area contributed by atoms with E-state index >= 15 is 0 Å². The number of aryl methyl sites for hydroxylation is 1. The van der Waals surface area contributed by atoms with Crippen LogP contribution in [0.2, 0.25) is 0 Å². The molecule has 1 aliphatic rings. The molecule has 3 rings (SSSR count). The molecule has 0 saturated carbocycles. The van der Waals surface area contributed by atoms with Gasteiger partial charge in [0.25, 0.3) is 0 Å². The zero-order valence-electron chi connectivity index (χ0n) is 16.0. The highest BCUT2D eigenvalue weighted by atomic mass is 16.5. The summed E-state index contributed by atoms with van der Waals surface area (Å²) < 4.78 is 10.7. The number of likely N-dealkylation sites (tertiary alicyclic amines) is 1. The van der Waals surface area contributed by atoms with Crippen LogP contribution in [0.4, 0.5) is 0 Å². The number of ether oxygens (including phenoxy) is 1. The molecule has 140 valence electrons. The number of piperidine rings is 1. The second kappa shape index (κ2) is 7.52. The van der Waals surface area contributed by atoms with E-state index in [9.17, 15) is 9.59 Å². The molecule has 5 heteroatoms. The van der Waals surface area contributed by atoms with E-state index in [1.165, 1.54) is 6.42 Å². The van der Waals surface area contributed by atoms with E-state index in [1.54, 1.807) is 13.2 Å². The Morgan fingerprint density at radius 3 is 2.62 bits per heavy atom. The zero-order chi connectivity index (χ0) is 18.8. The van der Waals surface area contributed by atoms with Crippen LogP contribution in [0.5, 0.6) is 5.75 Å². The number of amides is 1. The maximum absolute atomic E-state index is 12.6. The van der Waals surface area contributed by atoms with Crippen molar-refractivity contribution >= 4 is 16.9 Å². The van der Waals surface area contributed by atoms with Gasteiger partial charge in [-0.3, -0.25) is 4.79 Å². The SMILES string of the molecule is COc1ccc2c(C)c(CCC(=O)N3CC(C)CC(C)C3)c(=O)oc2c1. The molecule has 26 heavy (non-hydrogen) atoms. The number of nitrogens with zero attached hydrogens (tertiary/aromatic N) is 1. The van der Waals surface area contributed by atoms with Crippen LogP contribution in [0.25, 0.3) is 11.0 Å². The Morgan fingerprint density at radius 2 is 1.96 bits per heavy atom. The first kappa shape index (κ1) is 18.5. The molecule has 1 aromatic heterocycles. The van der Waals surface area contributed by atoms with Crippen LogP contribution in [0.15, 0.2) is 27.4 Å². The molecule has 0 radical (unpaired) electrons. The molecule has 1 saturated heterocycles. The third-order valence-corrected chi connectivity index (χ3v) is 5.30. The summed E-state index contributed by atoms with van der Waals surface area (Å²) in [6.07, 6.45) is 1.92. The van der Waals surface area contributed by atoms with Gasteiger partial charge in [0.05, 0.1) is 7.11 Å². The van der Waals surface area contributed by atoms with Gasteiger partial charge in [0.2, 0.25) is 5.91 Å². The lowest BCUT2D eigenvalue weighted by molar-refractivity contribution is -0.133. The Labute approximate surface area is 153 Å². The Balaban J connectivity index is 1.78. The van der Waals surface area contributed by atoms with Crippen LogP contribution in [-0.4, -0.2) is 31.0 Å². The number of benzene rings is 1. The van der Waals surface area contributed by atoms with Crippen LogP contribution in [0.3, 0.4) is 0 Å². The fourth-order valence-corrected chi connectivity index (χ4v) is 4.05. The number of carbonyl (C=O) groups is 1. The number of rotatable bonds is 4.